The lowest BCUT2D eigenvalue weighted by Crippen LogP contribution is -2.41. The van der Waals surface area contributed by atoms with Crippen LogP contribution < -0.4 is 0 Å². The maximum Gasteiger partial charge on any atom is 0.410 e. The molecule has 0 aliphatic carbocycles. The third kappa shape index (κ3) is 14.9. The van der Waals surface area contributed by atoms with Gasteiger partial charge in [0.25, 0.3) is 0 Å². The topological polar surface area (TPSA) is 149 Å². The molecular weight excluding hydrogens is 388 g/mol. The van der Waals surface area contributed by atoms with E-state index in [4.69, 9.17) is 14.2 Å². The van der Waals surface area contributed by atoms with E-state index < -0.39 is 36.6 Å². The van der Waals surface area contributed by atoms with Gasteiger partial charge in [-0.25, -0.2) is 9.59 Å². The molecule has 0 aromatic rings. The molecule has 0 radical (unpaired) electrons. The van der Waals surface area contributed by atoms with Crippen molar-refractivity contribution in [2.24, 2.45) is 0 Å². The minimum Gasteiger partial charge on any atom is -0.447 e. The SMILES string of the molecule is CC(O)CN(CC(C)O)C(=O)OCCOCCOC(=O)N(CC(C)O)CC(C)O. The highest BCUT2D eigenvalue weighted by Crippen LogP contribution is 2.01. The van der Waals surface area contributed by atoms with Crippen LogP contribution in [0, 0.1) is 0 Å². The fourth-order valence-electron chi connectivity index (χ4n) is 2.38. The van der Waals surface area contributed by atoms with Crippen molar-refractivity contribution in [3.63, 3.8) is 0 Å². The van der Waals surface area contributed by atoms with Gasteiger partial charge in [-0.3, -0.25) is 0 Å². The van der Waals surface area contributed by atoms with Crippen LogP contribution >= 0.6 is 0 Å². The quantitative estimate of drug-likeness (QED) is 0.268. The molecule has 0 aromatic carbocycles. The molecule has 0 saturated carbocycles. The van der Waals surface area contributed by atoms with E-state index in [0.29, 0.717) is 0 Å². The molecule has 4 atom stereocenters. The van der Waals surface area contributed by atoms with Gasteiger partial charge in [0, 0.05) is 26.2 Å². The number of carbonyl (C=O) groups is 2. The lowest BCUT2D eigenvalue weighted by molar-refractivity contribution is 0.0154. The minimum absolute atomic E-state index is 0.0377. The fourth-order valence-corrected chi connectivity index (χ4v) is 2.38. The van der Waals surface area contributed by atoms with Crippen LogP contribution in [0.25, 0.3) is 0 Å². The van der Waals surface area contributed by atoms with Gasteiger partial charge in [-0.1, -0.05) is 0 Å². The van der Waals surface area contributed by atoms with Gasteiger partial charge in [-0.05, 0) is 27.7 Å². The summed E-state index contributed by atoms with van der Waals surface area (Å²) in [6, 6.07) is 0. The second kappa shape index (κ2) is 15.2. The van der Waals surface area contributed by atoms with Gasteiger partial charge in [0.05, 0.1) is 37.6 Å². The highest BCUT2D eigenvalue weighted by Gasteiger charge is 2.20. The Labute approximate surface area is 171 Å². The molecule has 0 aliphatic heterocycles. The van der Waals surface area contributed by atoms with Crippen LogP contribution in [0.5, 0.6) is 0 Å². The first-order valence-electron chi connectivity index (χ1n) is 9.66. The molecule has 11 nitrogen and oxygen atoms in total. The molecule has 2 amide bonds. The molecule has 29 heavy (non-hydrogen) atoms. The van der Waals surface area contributed by atoms with Crippen LogP contribution in [-0.2, 0) is 14.2 Å². The smallest absolute Gasteiger partial charge is 0.410 e. The summed E-state index contributed by atoms with van der Waals surface area (Å²) in [7, 11) is 0. The zero-order valence-corrected chi connectivity index (χ0v) is 17.7. The summed E-state index contributed by atoms with van der Waals surface area (Å²) in [6.45, 7) is 6.31. The number of ether oxygens (including phenoxy) is 3. The summed E-state index contributed by atoms with van der Waals surface area (Å²) < 4.78 is 15.3. The van der Waals surface area contributed by atoms with Crippen LogP contribution in [0.1, 0.15) is 27.7 Å². The van der Waals surface area contributed by atoms with E-state index in [0.717, 1.165) is 0 Å². The zero-order chi connectivity index (χ0) is 22.4. The first kappa shape index (κ1) is 27.3. The predicted octanol–water partition coefficient (Wildman–Crippen LogP) is -0.597. The maximum atomic E-state index is 12.0. The van der Waals surface area contributed by atoms with Gasteiger partial charge in [0.2, 0.25) is 0 Å². The molecule has 11 heteroatoms. The highest BCUT2D eigenvalue weighted by atomic mass is 16.6. The second-order valence-electron chi connectivity index (χ2n) is 7.05. The number of carbonyl (C=O) groups excluding carboxylic acids is 2. The molecule has 0 bridgehead atoms. The van der Waals surface area contributed by atoms with Gasteiger partial charge in [0.15, 0.2) is 0 Å². The number of rotatable bonds is 14. The molecule has 0 spiro atoms. The predicted molar refractivity (Wildman–Crippen MR) is 103 cm³/mol. The van der Waals surface area contributed by atoms with Crippen LogP contribution in [0.15, 0.2) is 0 Å². The molecule has 172 valence electrons. The number of nitrogens with zero attached hydrogens (tertiary/aromatic N) is 2. The number of hydrogen-bond acceptors (Lipinski definition) is 9. The van der Waals surface area contributed by atoms with E-state index in [1.807, 2.05) is 0 Å². The van der Waals surface area contributed by atoms with Crippen LogP contribution in [0.3, 0.4) is 0 Å². The van der Waals surface area contributed by atoms with E-state index in [-0.39, 0.29) is 52.6 Å². The van der Waals surface area contributed by atoms with E-state index >= 15 is 0 Å². The van der Waals surface area contributed by atoms with E-state index in [1.165, 1.54) is 37.5 Å². The molecule has 0 aliphatic rings. The zero-order valence-electron chi connectivity index (χ0n) is 17.7. The van der Waals surface area contributed by atoms with Crippen molar-refractivity contribution in [2.75, 3.05) is 52.6 Å². The van der Waals surface area contributed by atoms with Crippen molar-refractivity contribution < 1.29 is 44.2 Å². The summed E-state index contributed by atoms with van der Waals surface area (Å²) in [5.41, 5.74) is 0. The van der Waals surface area contributed by atoms with Gasteiger partial charge >= 0.3 is 12.2 Å². The van der Waals surface area contributed by atoms with Crippen molar-refractivity contribution in [1.29, 1.82) is 0 Å². The van der Waals surface area contributed by atoms with Crippen molar-refractivity contribution in [1.82, 2.24) is 9.80 Å². The number of hydrogen-bond donors (Lipinski definition) is 4. The normalized spacial score (nSPS) is 15.2. The van der Waals surface area contributed by atoms with Crippen molar-refractivity contribution in [3.05, 3.63) is 0 Å². The molecule has 0 rings (SSSR count). The Balaban J connectivity index is 4.07. The average molecular weight is 424 g/mol. The second-order valence-corrected chi connectivity index (χ2v) is 7.05. The summed E-state index contributed by atoms with van der Waals surface area (Å²) in [6.07, 6.45) is -4.37. The lowest BCUT2D eigenvalue weighted by Gasteiger charge is -2.25. The minimum atomic E-state index is -0.755. The van der Waals surface area contributed by atoms with Crippen LogP contribution in [0.2, 0.25) is 0 Å². The van der Waals surface area contributed by atoms with E-state index in [1.54, 1.807) is 0 Å². The molecule has 0 fully saturated rings. The molecule has 0 aromatic heterocycles. The summed E-state index contributed by atoms with van der Waals surface area (Å²) in [5, 5.41) is 37.6. The van der Waals surface area contributed by atoms with Gasteiger partial charge in [-0.2, -0.15) is 0 Å². The largest absolute Gasteiger partial charge is 0.447 e. The van der Waals surface area contributed by atoms with Crippen molar-refractivity contribution >= 4 is 12.2 Å². The Morgan fingerprint density at radius 3 is 1.14 bits per heavy atom. The first-order chi connectivity index (χ1) is 13.5. The third-order valence-corrected chi connectivity index (χ3v) is 3.36. The summed E-state index contributed by atoms with van der Waals surface area (Å²) in [5.74, 6) is 0. The summed E-state index contributed by atoms with van der Waals surface area (Å²) in [4.78, 5) is 26.3. The van der Waals surface area contributed by atoms with Crippen molar-refractivity contribution in [2.45, 2.75) is 52.1 Å². The van der Waals surface area contributed by atoms with E-state index in [2.05, 4.69) is 0 Å². The Morgan fingerprint density at radius 1 is 0.621 bits per heavy atom. The summed E-state index contributed by atoms with van der Waals surface area (Å²) >= 11 is 0. The molecule has 4 unspecified atom stereocenters. The van der Waals surface area contributed by atoms with Gasteiger partial charge in [0.1, 0.15) is 13.2 Å². The average Bonchev–Trinajstić information content (AvgIpc) is 2.57. The lowest BCUT2D eigenvalue weighted by atomic mass is 10.3. The van der Waals surface area contributed by atoms with Crippen molar-refractivity contribution in [3.8, 4) is 0 Å². The number of aliphatic hydroxyl groups excluding tert-OH is 4. The fraction of sp³-hybridized carbons (Fsp3) is 0.889. The number of aliphatic hydroxyl groups is 4. The number of amides is 2. The van der Waals surface area contributed by atoms with Crippen LogP contribution in [-0.4, -0.2) is 119 Å². The molecule has 0 heterocycles. The first-order valence-corrected chi connectivity index (χ1v) is 9.66. The molecular formula is C18H36N2O9. The van der Waals surface area contributed by atoms with Gasteiger partial charge in [-0.15, -0.1) is 0 Å². The molecule has 0 saturated heterocycles. The Kier molecular flexibility index (Phi) is 14.3. The Morgan fingerprint density at radius 2 is 0.897 bits per heavy atom. The van der Waals surface area contributed by atoms with Gasteiger partial charge < -0.3 is 44.4 Å². The highest BCUT2D eigenvalue weighted by molar-refractivity contribution is 5.68. The standard InChI is InChI=1S/C18H36N2O9/c1-13(21)9-19(10-14(2)22)17(25)28-7-5-27-6-8-29-18(26)20(11-15(3)23)12-16(4)24/h13-16,21-24H,5-12H2,1-4H3. The van der Waals surface area contributed by atoms with E-state index in [9.17, 15) is 30.0 Å². The molecule has 4 N–H and O–H groups in total. The maximum absolute atomic E-state index is 12.0. The Hall–Kier alpha value is -1.66. The third-order valence-electron chi connectivity index (χ3n) is 3.36. The monoisotopic (exact) mass is 424 g/mol. The van der Waals surface area contributed by atoms with Crippen LogP contribution in [0.4, 0.5) is 9.59 Å². The Bertz CT molecular complexity index is 399.